The van der Waals surface area contributed by atoms with Crippen molar-refractivity contribution in [3.05, 3.63) is 11.6 Å². The number of hydrogen-bond acceptors (Lipinski definition) is 4. The Hall–Kier alpha value is -1.18. The Balaban J connectivity index is 2.56. The van der Waals surface area contributed by atoms with Crippen LogP contribution in [-0.4, -0.2) is 42.5 Å². The van der Waals surface area contributed by atoms with Crippen molar-refractivity contribution in [2.45, 2.75) is 64.8 Å². The van der Waals surface area contributed by atoms with E-state index < -0.39 is 0 Å². The first-order valence-corrected chi connectivity index (χ1v) is 8.50. The van der Waals surface area contributed by atoms with Crippen molar-refractivity contribution in [1.82, 2.24) is 4.90 Å². The van der Waals surface area contributed by atoms with Crippen molar-refractivity contribution >= 4 is 5.78 Å². The van der Waals surface area contributed by atoms with Crippen LogP contribution >= 0.6 is 0 Å². The summed E-state index contributed by atoms with van der Waals surface area (Å²) >= 11 is 0. The first-order chi connectivity index (χ1) is 10.5. The van der Waals surface area contributed by atoms with E-state index in [-0.39, 0.29) is 11.3 Å². The first-order valence-electron chi connectivity index (χ1n) is 8.50. The molecule has 0 atom stereocenters. The fraction of sp³-hybridized carbons (Fsp3) is 0.778. The van der Waals surface area contributed by atoms with Crippen LogP contribution in [0.4, 0.5) is 0 Å². The Bertz CT molecular complexity index is 415. The average Bonchev–Trinajstić information content (AvgIpc) is 2.53. The highest BCUT2D eigenvalue weighted by Gasteiger charge is 2.27. The summed E-state index contributed by atoms with van der Waals surface area (Å²) in [6.07, 6.45) is 7.88. The van der Waals surface area contributed by atoms with Crippen LogP contribution in [-0.2, 0) is 9.53 Å². The maximum Gasteiger partial charge on any atom is 0.173 e. The Morgan fingerprint density at radius 3 is 2.45 bits per heavy atom. The summed E-state index contributed by atoms with van der Waals surface area (Å²) in [5.74, 6) is -0.0136. The van der Waals surface area contributed by atoms with Crippen LogP contribution in [0.25, 0.3) is 0 Å². The minimum absolute atomic E-state index is 0.0136. The van der Waals surface area contributed by atoms with Gasteiger partial charge >= 0.3 is 0 Å². The molecule has 1 fully saturated rings. The van der Waals surface area contributed by atoms with Gasteiger partial charge < -0.3 is 4.74 Å². The lowest BCUT2D eigenvalue weighted by molar-refractivity contribution is -0.115. The van der Waals surface area contributed by atoms with Gasteiger partial charge in [0, 0.05) is 25.0 Å². The van der Waals surface area contributed by atoms with Gasteiger partial charge in [0.05, 0.1) is 18.8 Å². The fourth-order valence-corrected chi connectivity index (χ4v) is 2.78. The number of hydrogen-bond donors (Lipinski definition) is 0. The van der Waals surface area contributed by atoms with Crippen LogP contribution in [0, 0.1) is 11.3 Å². The van der Waals surface area contributed by atoms with Gasteiger partial charge in [-0.3, -0.25) is 9.69 Å². The van der Waals surface area contributed by atoms with Gasteiger partial charge in [-0.15, -0.1) is 0 Å². The highest BCUT2D eigenvalue weighted by atomic mass is 16.5. The zero-order valence-corrected chi connectivity index (χ0v) is 14.4. The standard InChI is InChI=1S/C18H30N2O2/c1-4-5-6-7-8-9-17(21)16(15-19)14-18(2,3)20-10-12-22-13-11-20/h14H,4-13H2,1-3H3. The summed E-state index contributed by atoms with van der Waals surface area (Å²) in [6, 6.07) is 2.10. The lowest BCUT2D eigenvalue weighted by Gasteiger charge is -2.39. The predicted molar refractivity (Wildman–Crippen MR) is 88.6 cm³/mol. The Morgan fingerprint density at radius 1 is 1.23 bits per heavy atom. The number of rotatable bonds is 9. The van der Waals surface area contributed by atoms with Crippen molar-refractivity contribution in [2.24, 2.45) is 0 Å². The Labute approximate surface area is 135 Å². The number of morpholine rings is 1. The molecule has 0 bridgehead atoms. The fourth-order valence-electron chi connectivity index (χ4n) is 2.78. The Morgan fingerprint density at radius 2 is 1.86 bits per heavy atom. The molecule has 22 heavy (non-hydrogen) atoms. The minimum atomic E-state index is -0.285. The second kappa shape index (κ2) is 9.76. The molecule has 124 valence electrons. The van der Waals surface area contributed by atoms with Crippen molar-refractivity contribution in [1.29, 1.82) is 5.26 Å². The predicted octanol–water partition coefficient (Wildman–Crippen LogP) is 3.48. The van der Waals surface area contributed by atoms with E-state index >= 15 is 0 Å². The quantitative estimate of drug-likeness (QED) is 0.372. The Kier molecular flexibility index (Phi) is 8.37. The maximum absolute atomic E-state index is 12.2. The summed E-state index contributed by atoms with van der Waals surface area (Å²) in [7, 11) is 0. The summed E-state index contributed by atoms with van der Waals surface area (Å²) in [6.45, 7) is 9.40. The average molecular weight is 306 g/mol. The van der Waals surface area contributed by atoms with E-state index in [0.29, 0.717) is 25.2 Å². The van der Waals surface area contributed by atoms with Gasteiger partial charge in [0.15, 0.2) is 5.78 Å². The van der Waals surface area contributed by atoms with Gasteiger partial charge in [-0.1, -0.05) is 32.6 Å². The van der Waals surface area contributed by atoms with Gasteiger partial charge in [0.1, 0.15) is 6.07 Å². The van der Waals surface area contributed by atoms with E-state index in [1.165, 1.54) is 19.3 Å². The van der Waals surface area contributed by atoms with Crippen LogP contribution in [0.15, 0.2) is 11.6 Å². The number of unbranched alkanes of at least 4 members (excludes halogenated alkanes) is 4. The molecule has 0 aromatic heterocycles. The van der Waals surface area contributed by atoms with E-state index in [1.54, 1.807) is 0 Å². The largest absolute Gasteiger partial charge is 0.379 e. The van der Waals surface area contributed by atoms with Crippen molar-refractivity contribution in [3.63, 3.8) is 0 Å². The number of carbonyl (C=O) groups excluding carboxylic acids is 1. The third-order valence-corrected chi connectivity index (χ3v) is 4.25. The zero-order valence-electron chi connectivity index (χ0n) is 14.4. The minimum Gasteiger partial charge on any atom is -0.379 e. The molecule has 1 saturated heterocycles. The summed E-state index contributed by atoms with van der Waals surface area (Å²) in [4.78, 5) is 14.5. The molecule has 0 radical (unpaired) electrons. The number of carbonyl (C=O) groups is 1. The molecule has 1 rings (SSSR count). The molecule has 0 N–H and O–H groups in total. The summed E-state index contributed by atoms with van der Waals surface area (Å²) in [5.41, 5.74) is 0.0270. The van der Waals surface area contributed by atoms with Crippen LogP contribution in [0.5, 0.6) is 0 Å². The van der Waals surface area contributed by atoms with E-state index in [4.69, 9.17) is 4.74 Å². The topological polar surface area (TPSA) is 53.3 Å². The van der Waals surface area contributed by atoms with E-state index in [1.807, 2.05) is 6.08 Å². The maximum atomic E-state index is 12.2. The summed E-state index contributed by atoms with van der Waals surface area (Å²) in [5, 5.41) is 9.32. The zero-order chi connectivity index (χ0) is 16.4. The molecule has 0 saturated carbocycles. The number of Topliss-reactive ketones (excluding diaryl/α,β-unsaturated/α-hetero) is 1. The second-order valence-electron chi connectivity index (χ2n) is 6.51. The highest BCUT2D eigenvalue weighted by molar-refractivity contribution is 5.99. The molecular weight excluding hydrogens is 276 g/mol. The molecule has 0 amide bonds. The smallest absolute Gasteiger partial charge is 0.173 e. The molecule has 0 aromatic carbocycles. The van der Waals surface area contributed by atoms with Crippen LogP contribution in [0.1, 0.15) is 59.3 Å². The molecule has 4 heteroatoms. The lowest BCUT2D eigenvalue weighted by atomic mass is 9.95. The lowest BCUT2D eigenvalue weighted by Crippen LogP contribution is -2.49. The van der Waals surface area contributed by atoms with Gasteiger partial charge in [-0.25, -0.2) is 0 Å². The molecule has 0 aromatic rings. The first kappa shape index (κ1) is 18.9. The second-order valence-corrected chi connectivity index (χ2v) is 6.51. The van der Waals surface area contributed by atoms with Crippen molar-refractivity contribution in [3.8, 4) is 6.07 Å². The van der Waals surface area contributed by atoms with Crippen LogP contribution in [0.3, 0.4) is 0 Å². The SMILES string of the molecule is CCCCCCCC(=O)C(C#N)=CC(C)(C)N1CCOCC1. The van der Waals surface area contributed by atoms with Gasteiger partial charge in [-0.05, 0) is 26.3 Å². The highest BCUT2D eigenvalue weighted by Crippen LogP contribution is 2.20. The number of allylic oxidation sites excluding steroid dienone is 1. The van der Waals surface area contributed by atoms with Crippen LogP contribution < -0.4 is 0 Å². The molecule has 0 aliphatic carbocycles. The van der Waals surface area contributed by atoms with E-state index in [9.17, 15) is 10.1 Å². The van der Waals surface area contributed by atoms with Gasteiger partial charge in [0.2, 0.25) is 0 Å². The number of ether oxygens (including phenoxy) is 1. The third kappa shape index (κ3) is 6.29. The van der Waals surface area contributed by atoms with E-state index in [2.05, 4.69) is 31.7 Å². The van der Waals surface area contributed by atoms with Gasteiger partial charge in [-0.2, -0.15) is 5.26 Å². The number of nitriles is 1. The number of nitrogens with zero attached hydrogens (tertiary/aromatic N) is 2. The molecular formula is C18H30N2O2. The molecule has 1 aliphatic heterocycles. The molecule has 4 nitrogen and oxygen atoms in total. The number of ketones is 1. The van der Waals surface area contributed by atoms with Crippen molar-refractivity contribution in [2.75, 3.05) is 26.3 Å². The third-order valence-electron chi connectivity index (χ3n) is 4.25. The molecule has 0 unspecified atom stereocenters. The van der Waals surface area contributed by atoms with E-state index in [0.717, 1.165) is 25.9 Å². The molecule has 1 aliphatic rings. The van der Waals surface area contributed by atoms with Crippen LogP contribution in [0.2, 0.25) is 0 Å². The monoisotopic (exact) mass is 306 g/mol. The molecule has 1 heterocycles. The normalized spacial score (nSPS) is 17.3. The summed E-state index contributed by atoms with van der Waals surface area (Å²) < 4.78 is 5.36. The molecule has 0 spiro atoms. The van der Waals surface area contributed by atoms with Crippen molar-refractivity contribution < 1.29 is 9.53 Å². The van der Waals surface area contributed by atoms with Gasteiger partial charge in [0.25, 0.3) is 0 Å².